The van der Waals surface area contributed by atoms with Crippen LogP contribution in [0.15, 0.2) is 23.3 Å². The van der Waals surface area contributed by atoms with E-state index in [2.05, 4.69) is 17.5 Å². The van der Waals surface area contributed by atoms with Crippen molar-refractivity contribution in [3.63, 3.8) is 0 Å². The summed E-state index contributed by atoms with van der Waals surface area (Å²) in [5.41, 5.74) is 2.32. The van der Waals surface area contributed by atoms with E-state index < -0.39 is 5.91 Å². The number of carbonyl (C=O) groups is 1. The van der Waals surface area contributed by atoms with Crippen molar-refractivity contribution in [1.29, 1.82) is 0 Å². The largest absolute Gasteiger partial charge is 0.508 e. The summed E-state index contributed by atoms with van der Waals surface area (Å²) in [5.74, 6) is -0.807. The van der Waals surface area contributed by atoms with Crippen LogP contribution in [0, 0.1) is 0 Å². The van der Waals surface area contributed by atoms with Gasteiger partial charge in [-0.05, 0) is 31.0 Å². The second-order valence-electron chi connectivity index (χ2n) is 4.30. The molecule has 19 heavy (non-hydrogen) atoms. The standard InChI is InChI=1S/C14H20N2O3/c1-2-3-4-5-6-9-15-16-14(19)12-10-11(17)7-8-13(12)18/h7-10,17-18H,2-6H2,1H3,(H,16,19)/b15-9+. The maximum atomic E-state index is 11.7. The molecular weight excluding hydrogens is 244 g/mol. The molecule has 0 spiro atoms. The molecule has 0 unspecified atom stereocenters. The topological polar surface area (TPSA) is 81.9 Å². The Hall–Kier alpha value is -2.04. The van der Waals surface area contributed by atoms with E-state index >= 15 is 0 Å². The molecule has 0 aliphatic heterocycles. The smallest absolute Gasteiger partial charge is 0.275 e. The summed E-state index contributed by atoms with van der Waals surface area (Å²) in [7, 11) is 0. The average Bonchev–Trinajstić information content (AvgIpc) is 2.40. The summed E-state index contributed by atoms with van der Waals surface area (Å²) in [6.07, 6.45) is 7.05. The van der Waals surface area contributed by atoms with Crippen LogP contribution in [0.1, 0.15) is 49.4 Å². The molecule has 0 bridgehead atoms. The van der Waals surface area contributed by atoms with Gasteiger partial charge in [-0.3, -0.25) is 4.79 Å². The molecule has 3 N–H and O–H groups in total. The van der Waals surface area contributed by atoms with Crippen molar-refractivity contribution in [2.75, 3.05) is 0 Å². The number of hydrogen-bond donors (Lipinski definition) is 3. The normalized spacial score (nSPS) is 10.8. The molecule has 5 heteroatoms. The molecule has 0 saturated carbocycles. The van der Waals surface area contributed by atoms with Crippen molar-refractivity contribution in [2.45, 2.75) is 39.0 Å². The highest BCUT2D eigenvalue weighted by Crippen LogP contribution is 2.21. The zero-order valence-electron chi connectivity index (χ0n) is 11.1. The van der Waals surface area contributed by atoms with Crippen molar-refractivity contribution < 1.29 is 15.0 Å². The van der Waals surface area contributed by atoms with Gasteiger partial charge in [0.2, 0.25) is 0 Å². The molecule has 0 atom stereocenters. The van der Waals surface area contributed by atoms with Crippen LogP contribution in [-0.4, -0.2) is 22.3 Å². The summed E-state index contributed by atoms with van der Waals surface area (Å²) in [6, 6.07) is 3.77. The Balaban J connectivity index is 2.38. The summed E-state index contributed by atoms with van der Waals surface area (Å²) in [4.78, 5) is 11.7. The van der Waals surface area contributed by atoms with Gasteiger partial charge < -0.3 is 10.2 Å². The van der Waals surface area contributed by atoms with E-state index in [0.717, 1.165) is 19.3 Å². The highest BCUT2D eigenvalue weighted by Gasteiger charge is 2.10. The lowest BCUT2D eigenvalue weighted by Gasteiger charge is -2.03. The van der Waals surface area contributed by atoms with Gasteiger partial charge in [0.1, 0.15) is 11.5 Å². The minimum absolute atomic E-state index is 0.00290. The molecule has 0 radical (unpaired) electrons. The third kappa shape index (κ3) is 5.42. The summed E-state index contributed by atoms with van der Waals surface area (Å²) >= 11 is 0. The molecule has 1 rings (SSSR count). The van der Waals surface area contributed by atoms with E-state index in [-0.39, 0.29) is 17.1 Å². The number of carbonyl (C=O) groups excluding carboxylic acids is 1. The highest BCUT2D eigenvalue weighted by atomic mass is 16.3. The Bertz CT molecular complexity index is 444. The third-order valence-electron chi connectivity index (χ3n) is 2.67. The SMILES string of the molecule is CCCCCC/C=N/NC(=O)c1cc(O)ccc1O. The van der Waals surface area contributed by atoms with Crippen LogP contribution in [0.4, 0.5) is 0 Å². The molecule has 0 saturated heterocycles. The van der Waals surface area contributed by atoms with E-state index in [1.54, 1.807) is 6.21 Å². The van der Waals surface area contributed by atoms with Gasteiger partial charge in [0.15, 0.2) is 0 Å². The first-order valence-electron chi connectivity index (χ1n) is 6.49. The Labute approximate surface area is 113 Å². The fourth-order valence-electron chi connectivity index (χ4n) is 1.60. The van der Waals surface area contributed by atoms with Gasteiger partial charge in [0.25, 0.3) is 5.91 Å². The third-order valence-corrected chi connectivity index (χ3v) is 2.67. The van der Waals surface area contributed by atoms with Crippen LogP contribution in [0.5, 0.6) is 11.5 Å². The van der Waals surface area contributed by atoms with Crippen LogP contribution in [-0.2, 0) is 0 Å². The monoisotopic (exact) mass is 264 g/mol. The molecule has 1 aromatic rings. The van der Waals surface area contributed by atoms with Gasteiger partial charge in [0, 0.05) is 6.21 Å². The molecule has 104 valence electrons. The van der Waals surface area contributed by atoms with Crippen molar-refractivity contribution in [2.24, 2.45) is 5.10 Å². The Morgan fingerprint density at radius 2 is 2.11 bits per heavy atom. The molecule has 0 heterocycles. The maximum Gasteiger partial charge on any atom is 0.275 e. The Kier molecular flexibility index (Phi) is 6.43. The molecule has 1 amide bonds. The molecule has 5 nitrogen and oxygen atoms in total. The van der Waals surface area contributed by atoms with Crippen LogP contribution < -0.4 is 5.43 Å². The number of nitrogens with one attached hydrogen (secondary N) is 1. The van der Waals surface area contributed by atoms with Crippen molar-refractivity contribution in [3.05, 3.63) is 23.8 Å². The van der Waals surface area contributed by atoms with Gasteiger partial charge >= 0.3 is 0 Å². The van der Waals surface area contributed by atoms with Crippen LogP contribution >= 0.6 is 0 Å². The molecular formula is C14H20N2O3. The van der Waals surface area contributed by atoms with Crippen LogP contribution in [0.25, 0.3) is 0 Å². The van der Waals surface area contributed by atoms with E-state index in [1.807, 2.05) is 0 Å². The highest BCUT2D eigenvalue weighted by molar-refractivity contribution is 5.97. The Morgan fingerprint density at radius 3 is 2.84 bits per heavy atom. The molecule has 0 aliphatic carbocycles. The van der Waals surface area contributed by atoms with Crippen molar-refractivity contribution in [1.82, 2.24) is 5.43 Å². The molecule has 0 aromatic heterocycles. The molecule has 0 fully saturated rings. The number of nitrogens with zero attached hydrogens (tertiary/aromatic N) is 1. The number of aromatic hydroxyl groups is 2. The van der Waals surface area contributed by atoms with Crippen molar-refractivity contribution >= 4 is 12.1 Å². The van der Waals surface area contributed by atoms with Gasteiger partial charge in [-0.2, -0.15) is 5.10 Å². The average molecular weight is 264 g/mol. The fraction of sp³-hybridized carbons (Fsp3) is 0.429. The summed E-state index contributed by atoms with van der Waals surface area (Å²) in [5, 5.41) is 22.5. The summed E-state index contributed by atoms with van der Waals surface area (Å²) < 4.78 is 0. The fourth-order valence-corrected chi connectivity index (χ4v) is 1.60. The first-order chi connectivity index (χ1) is 9.15. The number of hydrogen-bond acceptors (Lipinski definition) is 4. The number of unbranched alkanes of at least 4 members (excludes halogenated alkanes) is 4. The zero-order valence-corrected chi connectivity index (χ0v) is 11.1. The maximum absolute atomic E-state index is 11.7. The Morgan fingerprint density at radius 1 is 1.32 bits per heavy atom. The minimum atomic E-state index is -0.543. The summed E-state index contributed by atoms with van der Waals surface area (Å²) in [6.45, 7) is 2.15. The van der Waals surface area contributed by atoms with E-state index in [9.17, 15) is 15.0 Å². The quantitative estimate of drug-likeness (QED) is 0.306. The number of phenols is 2. The van der Waals surface area contributed by atoms with E-state index in [1.165, 1.54) is 31.0 Å². The predicted molar refractivity (Wildman–Crippen MR) is 74.5 cm³/mol. The lowest BCUT2D eigenvalue weighted by molar-refractivity contribution is 0.0952. The minimum Gasteiger partial charge on any atom is -0.508 e. The molecule has 1 aromatic carbocycles. The second kappa shape index (κ2) is 8.13. The lowest BCUT2D eigenvalue weighted by atomic mass is 10.2. The number of benzene rings is 1. The van der Waals surface area contributed by atoms with Crippen LogP contribution in [0.3, 0.4) is 0 Å². The van der Waals surface area contributed by atoms with Crippen LogP contribution in [0.2, 0.25) is 0 Å². The van der Waals surface area contributed by atoms with E-state index in [0.29, 0.717) is 0 Å². The zero-order chi connectivity index (χ0) is 14.1. The number of hydrazone groups is 1. The van der Waals surface area contributed by atoms with E-state index in [4.69, 9.17) is 0 Å². The number of amides is 1. The first kappa shape index (κ1) is 15.0. The molecule has 0 aliphatic rings. The first-order valence-corrected chi connectivity index (χ1v) is 6.49. The van der Waals surface area contributed by atoms with Crippen molar-refractivity contribution in [3.8, 4) is 11.5 Å². The van der Waals surface area contributed by atoms with Gasteiger partial charge in [-0.25, -0.2) is 5.43 Å². The second-order valence-corrected chi connectivity index (χ2v) is 4.30. The lowest BCUT2D eigenvalue weighted by Crippen LogP contribution is -2.17. The number of phenolic OH excluding ortho intramolecular Hbond substituents is 2. The van der Waals surface area contributed by atoms with Gasteiger partial charge in [-0.15, -0.1) is 0 Å². The van der Waals surface area contributed by atoms with Gasteiger partial charge in [0.05, 0.1) is 5.56 Å². The number of rotatable bonds is 7. The predicted octanol–water partition coefficient (Wildman–Crippen LogP) is 2.78. The van der Waals surface area contributed by atoms with Gasteiger partial charge in [-0.1, -0.05) is 26.2 Å².